The standard InChI is InChI=1S/C22H27N5O2/c1-16-24-20-14-17(8-9-21(20)29-16)25-22(28)27-12-5-7-19(10-13-27)26(2)15-18-6-3-4-11-23-18/h3-4,6,8-9,11,14,19H,5,7,10,12-13,15H2,1-2H3,(H,25,28). The van der Waals surface area contributed by atoms with Crippen molar-refractivity contribution in [2.75, 3.05) is 25.5 Å². The number of aryl methyl sites for hydroxylation is 1. The number of hydrogen-bond acceptors (Lipinski definition) is 5. The van der Waals surface area contributed by atoms with Gasteiger partial charge in [0.05, 0.1) is 5.69 Å². The first-order chi connectivity index (χ1) is 14.1. The minimum absolute atomic E-state index is 0.0578. The molecule has 1 aliphatic rings. The molecule has 7 nitrogen and oxygen atoms in total. The third-order valence-corrected chi connectivity index (χ3v) is 5.49. The molecule has 0 saturated carbocycles. The summed E-state index contributed by atoms with van der Waals surface area (Å²) in [5, 5.41) is 3.01. The quantitative estimate of drug-likeness (QED) is 0.724. The molecule has 0 spiro atoms. The maximum atomic E-state index is 12.8. The summed E-state index contributed by atoms with van der Waals surface area (Å²) >= 11 is 0. The first kappa shape index (κ1) is 19.4. The Morgan fingerprint density at radius 2 is 2.17 bits per heavy atom. The van der Waals surface area contributed by atoms with Gasteiger partial charge in [0.1, 0.15) is 5.52 Å². The van der Waals surface area contributed by atoms with Crippen molar-refractivity contribution < 1.29 is 9.21 Å². The normalized spacial score (nSPS) is 17.5. The molecule has 1 aromatic carbocycles. The number of aromatic nitrogens is 2. The van der Waals surface area contributed by atoms with Crippen molar-refractivity contribution in [3.05, 3.63) is 54.2 Å². The number of oxazole rings is 1. The number of nitrogens with one attached hydrogen (secondary N) is 1. The molecule has 1 saturated heterocycles. The van der Waals surface area contributed by atoms with Gasteiger partial charge in [-0.05, 0) is 56.6 Å². The number of amides is 2. The highest BCUT2D eigenvalue weighted by Gasteiger charge is 2.23. The molecule has 0 radical (unpaired) electrons. The van der Waals surface area contributed by atoms with Crippen LogP contribution in [0.15, 0.2) is 47.0 Å². The van der Waals surface area contributed by atoms with Crippen molar-refractivity contribution in [3.8, 4) is 0 Å². The van der Waals surface area contributed by atoms with Gasteiger partial charge in [-0.2, -0.15) is 0 Å². The summed E-state index contributed by atoms with van der Waals surface area (Å²) in [5.41, 5.74) is 3.30. The number of carbonyl (C=O) groups excluding carboxylic acids is 1. The molecule has 2 aromatic heterocycles. The van der Waals surface area contributed by atoms with Crippen LogP contribution in [0.1, 0.15) is 30.8 Å². The summed E-state index contributed by atoms with van der Waals surface area (Å²) < 4.78 is 5.49. The van der Waals surface area contributed by atoms with Crippen LogP contribution in [0.2, 0.25) is 0 Å². The van der Waals surface area contributed by atoms with Crippen LogP contribution >= 0.6 is 0 Å². The van der Waals surface area contributed by atoms with E-state index >= 15 is 0 Å². The number of likely N-dealkylation sites (tertiary alicyclic amines) is 1. The fraction of sp³-hybridized carbons (Fsp3) is 0.409. The van der Waals surface area contributed by atoms with Crippen LogP contribution in [0.5, 0.6) is 0 Å². The van der Waals surface area contributed by atoms with E-state index in [1.165, 1.54) is 0 Å². The second kappa shape index (κ2) is 8.61. The zero-order valence-electron chi connectivity index (χ0n) is 17.0. The summed E-state index contributed by atoms with van der Waals surface area (Å²) in [4.78, 5) is 25.8. The van der Waals surface area contributed by atoms with Gasteiger partial charge >= 0.3 is 6.03 Å². The van der Waals surface area contributed by atoms with Gasteiger partial charge in [-0.1, -0.05) is 6.07 Å². The van der Waals surface area contributed by atoms with Crippen LogP contribution in [0.3, 0.4) is 0 Å². The van der Waals surface area contributed by atoms with Crippen molar-refractivity contribution in [1.29, 1.82) is 0 Å². The fourth-order valence-corrected chi connectivity index (χ4v) is 3.92. The summed E-state index contributed by atoms with van der Waals surface area (Å²) in [6.07, 6.45) is 4.86. The molecule has 152 valence electrons. The molecule has 4 rings (SSSR count). The summed E-state index contributed by atoms with van der Waals surface area (Å²) in [5.74, 6) is 0.622. The van der Waals surface area contributed by atoms with Gasteiger partial charge in [0.25, 0.3) is 0 Å². The van der Waals surface area contributed by atoms with Gasteiger partial charge in [-0.3, -0.25) is 9.88 Å². The number of anilines is 1. The third kappa shape index (κ3) is 4.74. The van der Waals surface area contributed by atoms with Crippen LogP contribution in [-0.4, -0.2) is 52.0 Å². The Hall–Kier alpha value is -2.93. The first-order valence-corrected chi connectivity index (χ1v) is 10.1. The Morgan fingerprint density at radius 3 is 3.00 bits per heavy atom. The Morgan fingerprint density at radius 1 is 1.28 bits per heavy atom. The third-order valence-electron chi connectivity index (χ3n) is 5.49. The number of fused-ring (bicyclic) bond motifs is 1. The Kier molecular flexibility index (Phi) is 5.76. The predicted molar refractivity (Wildman–Crippen MR) is 113 cm³/mol. The van der Waals surface area contributed by atoms with Crippen molar-refractivity contribution in [2.45, 2.75) is 38.8 Å². The van der Waals surface area contributed by atoms with Crippen molar-refractivity contribution in [1.82, 2.24) is 19.8 Å². The average molecular weight is 393 g/mol. The lowest BCUT2D eigenvalue weighted by molar-refractivity contribution is 0.200. The van der Waals surface area contributed by atoms with Gasteiger partial charge in [0, 0.05) is 44.5 Å². The molecule has 2 amide bonds. The summed E-state index contributed by atoms with van der Waals surface area (Å²) in [7, 11) is 2.14. The maximum Gasteiger partial charge on any atom is 0.321 e. The first-order valence-electron chi connectivity index (χ1n) is 10.1. The van der Waals surface area contributed by atoms with Gasteiger partial charge in [0.2, 0.25) is 0 Å². The van der Waals surface area contributed by atoms with Crippen molar-refractivity contribution in [3.63, 3.8) is 0 Å². The molecule has 1 unspecified atom stereocenters. The Labute approximate surface area is 170 Å². The fourth-order valence-electron chi connectivity index (χ4n) is 3.92. The monoisotopic (exact) mass is 393 g/mol. The zero-order chi connectivity index (χ0) is 20.2. The number of carbonyl (C=O) groups is 1. The van der Waals surface area contributed by atoms with E-state index in [2.05, 4.69) is 33.3 Å². The van der Waals surface area contributed by atoms with E-state index in [1.54, 1.807) is 0 Å². The van der Waals surface area contributed by atoms with E-state index in [0.717, 1.165) is 61.4 Å². The Bertz CT molecular complexity index is 972. The summed E-state index contributed by atoms with van der Waals surface area (Å²) in [6.45, 7) is 4.16. The van der Waals surface area contributed by atoms with Crippen LogP contribution in [0.25, 0.3) is 11.1 Å². The van der Waals surface area contributed by atoms with E-state index in [1.807, 2.05) is 48.4 Å². The topological polar surface area (TPSA) is 74.5 Å². The van der Waals surface area contributed by atoms with Crippen molar-refractivity contribution >= 4 is 22.8 Å². The van der Waals surface area contributed by atoms with Crippen LogP contribution in [-0.2, 0) is 6.54 Å². The van der Waals surface area contributed by atoms with Crippen molar-refractivity contribution in [2.24, 2.45) is 0 Å². The zero-order valence-corrected chi connectivity index (χ0v) is 17.0. The smallest absolute Gasteiger partial charge is 0.321 e. The molecule has 0 aliphatic carbocycles. The second-order valence-corrected chi connectivity index (χ2v) is 7.65. The number of rotatable bonds is 4. The van der Waals surface area contributed by atoms with Gasteiger partial charge in [-0.25, -0.2) is 9.78 Å². The maximum absolute atomic E-state index is 12.8. The highest BCUT2D eigenvalue weighted by atomic mass is 16.3. The van der Waals surface area contributed by atoms with Gasteiger partial charge in [0.15, 0.2) is 11.5 Å². The van der Waals surface area contributed by atoms with E-state index in [9.17, 15) is 4.79 Å². The van der Waals surface area contributed by atoms with Crippen LogP contribution in [0, 0.1) is 6.92 Å². The lowest BCUT2D eigenvalue weighted by atomic mass is 10.1. The number of urea groups is 1. The lowest BCUT2D eigenvalue weighted by Crippen LogP contribution is -2.37. The molecule has 1 N–H and O–H groups in total. The number of benzene rings is 1. The Balaban J connectivity index is 1.34. The summed E-state index contributed by atoms with van der Waals surface area (Å²) in [6, 6.07) is 12.0. The minimum Gasteiger partial charge on any atom is -0.441 e. The predicted octanol–water partition coefficient (Wildman–Crippen LogP) is 4.05. The minimum atomic E-state index is -0.0578. The molecule has 1 atom stereocenters. The van der Waals surface area contributed by atoms with Gasteiger partial charge in [-0.15, -0.1) is 0 Å². The molecule has 1 aliphatic heterocycles. The number of hydrogen-bond donors (Lipinski definition) is 1. The molecule has 1 fully saturated rings. The molecule has 3 heterocycles. The van der Waals surface area contributed by atoms with E-state index < -0.39 is 0 Å². The van der Waals surface area contributed by atoms with E-state index in [4.69, 9.17) is 4.42 Å². The largest absolute Gasteiger partial charge is 0.441 e. The molecule has 0 bridgehead atoms. The molecule has 7 heteroatoms. The molecular weight excluding hydrogens is 366 g/mol. The number of pyridine rings is 1. The lowest BCUT2D eigenvalue weighted by Gasteiger charge is -2.27. The molecule has 29 heavy (non-hydrogen) atoms. The van der Waals surface area contributed by atoms with Crippen LogP contribution < -0.4 is 5.32 Å². The van der Waals surface area contributed by atoms with E-state index in [0.29, 0.717) is 11.9 Å². The van der Waals surface area contributed by atoms with Gasteiger partial charge < -0.3 is 14.6 Å². The van der Waals surface area contributed by atoms with E-state index in [-0.39, 0.29) is 6.03 Å². The molecule has 3 aromatic rings. The highest BCUT2D eigenvalue weighted by molar-refractivity contribution is 5.91. The van der Waals surface area contributed by atoms with Crippen LogP contribution in [0.4, 0.5) is 10.5 Å². The highest BCUT2D eigenvalue weighted by Crippen LogP contribution is 2.21. The molecular formula is C22H27N5O2. The SMILES string of the molecule is Cc1nc2cc(NC(=O)N3CCCC(N(C)Cc4ccccn4)CC3)ccc2o1. The number of nitrogens with zero attached hydrogens (tertiary/aromatic N) is 4. The average Bonchev–Trinajstić information content (AvgIpc) is 2.91. The second-order valence-electron chi connectivity index (χ2n) is 7.65.